The lowest BCUT2D eigenvalue weighted by Crippen LogP contribution is -2.53. The van der Waals surface area contributed by atoms with E-state index in [0.29, 0.717) is 6.42 Å². The summed E-state index contributed by atoms with van der Waals surface area (Å²) in [6, 6.07) is 8.94. The number of aliphatic hydroxyl groups is 1. The van der Waals surface area contributed by atoms with Gasteiger partial charge in [0.2, 0.25) is 0 Å². The molecule has 2 rings (SSSR count). The van der Waals surface area contributed by atoms with E-state index in [1.54, 1.807) is 0 Å². The van der Waals surface area contributed by atoms with Crippen LogP contribution in [0.1, 0.15) is 5.56 Å². The molecule has 5 nitrogen and oxygen atoms in total. The van der Waals surface area contributed by atoms with Gasteiger partial charge in [-0.1, -0.05) is 30.3 Å². The molecule has 0 bridgehead atoms. The molecule has 0 unspecified atom stereocenters. The Morgan fingerprint density at radius 1 is 1.17 bits per heavy atom. The average molecular weight is 249 g/mol. The number of ether oxygens (including phenoxy) is 1. The summed E-state index contributed by atoms with van der Waals surface area (Å²) in [7, 11) is 0. The largest absolute Gasteiger partial charge is 0.394 e. The lowest BCUT2D eigenvalue weighted by atomic mass is 10.0. The maximum absolute atomic E-state index is 11.7. The van der Waals surface area contributed by atoms with Crippen LogP contribution in [0.2, 0.25) is 0 Å². The number of carbonyl (C=O) groups is 2. The van der Waals surface area contributed by atoms with Crippen LogP contribution in [-0.4, -0.2) is 47.7 Å². The van der Waals surface area contributed by atoms with Crippen LogP contribution < -0.4 is 0 Å². The molecule has 2 amide bonds. The van der Waals surface area contributed by atoms with E-state index < -0.39 is 6.04 Å². The standard InChI is InChI=1S/C13H15NO4/c15-7-11(6-10-4-2-1-3-5-10)14-12(16)8-18-9-13(14)17/h1-5,11,15H,6-9H2/t11-/m1/s1. The van der Waals surface area contributed by atoms with Crippen molar-refractivity contribution in [3.63, 3.8) is 0 Å². The summed E-state index contributed by atoms with van der Waals surface area (Å²) in [5, 5.41) is 9.39. The summed E-state index contributed by atoms with van der Waals surface area (Å²) >= 11 is 0. The van der Waals surface area contributed by atoms with Crippen LogP contribution in [-0.2, 0) is 20.7 Å². The Kier molecular flexibility index (Phi) is 4.07. The van der Waals surface area contributed by atoms with E-state index in [0.717, 1.165) is 10.5 Å². The minimum Gasteiger partial charge on any atom is -0.394 e. The predicted octanol–water partition coefficient (Wildman–Crippen LogP) is -0.0246. The number of hydrogen-bond acceptors (Lipinski definition) is 4. The van der Waals surface area contributed by atoms with Gasteiger partial charge < -0.3 is 9.84 Å². The van der Waals surface area contributed by atoms with Gasteiger partial charge in [0.05, 0.1) is 12.6 Å². The van der Waals surface area contributed by atoms with Crippen molar-refractivity contribution in [3.05, 3.63) is 35.9 Å². The van der Waals surface area contributed by atoms with Crippen molar-refractivity contribution in [2.24, 2.45) is 0 Å². The van der Waals surface area contributed by atoms with E-state index >= 15 is 0 Å². The van der Waals surface area contributed by atoms with Crippen molar-refractivity contribution >= 4 is 11.8 Å². The molecule has 5 heteroatoms. The molecule has 1 atom stereocenters. The van der Waals surface area contributed by atoms with Gasteiger partial charge in [-0.05, 0) is 12.0 Å². The zero-order valence-electron chi connectivity index (χ0n) is 9.91. The third-order valence-electron chi connectivity index (χ3n) is 2.88. The number of benzene rings is 1. The number of rotatable bonds is 4. The molecule has 1 aromatic carbocycles. The van der Waals surface area contributed by atoms with Gasteiger partial charge in [0.15, 0.2) is 0 Å². The molecule has 0 aromatic heterocycles. The molecule has 18 heavy (non-hydrogen) atoms. The molecule has 1 aromatic rings. The summed E-state index contributed by atoms with van der Waals surface area (Å²) in [6.45, 7) is -0.444. The smallest absolute Gasteiger partial charge is 0.255 e. The topological polar surface area (TPSA) is 66.8 Å². The van der Waals surface area contributed by atoms with Crippen LogP contribution in [0.15, 0.2) is 30.3 Å². The Bertz CT molecular complexity index is 416. The van der Waals surface area contributed by atoms with Crippen LogP contribution in [0.3, 0.4) is 0 Å². The fourth-order valence-electron chi connectivity index (χ4n) is 2.03. The summed E-state index contributed by atoms with van der Waals surface area (Å²) in [4.78, 5) is 24.4. The molecule has 1 aliphatic rings. The average Bonchev–Trinajstić information content (AvgIpc) is 2.38. The Hall–Kier alpha value is -1.72. The fourth-order valence-corrected chi connectivity index (χ4v) is 2.03. The van der Waals surface area contributed by atoms with E-state index in [1.165, 1.54) is 0 Å². The number of carbonyl (C=O) groups excluding carboxylic acids is 2. The number of aliphatic hydroxyl groups excluding tert-OH is 1. The highest BCUT2D eigenvalue weighted by molar-refractivity contribution is 5.98. The van der Waals surface area contributed by atoms with Crippen molar-refractivity contribution in [1.29, 1.82) is 0 Å². The van der Waals surface area contributed by atoms with Crippen LogP contribution in [0.4, 0.5) is 0 Å². The van der Waals surface area contributed by atoms with E-state index in [4.69, 9.17) is 4.74 Å². The van der Waals surface area contributed by atoms with Crippen molar-refractivity contribution in [1.82, 2.24) is 4.90 Å². The van der Waals surface area contributed by atoms with E-state index in [-0.39, 0.29) is 31.6 Å². The normalized spacial score (nSPS) is 17.9. The van der Waals surface area contributed by atoms with Crippen molar-refractivity contribution in [2.45, 2.75) is 12.5 Å². The van der Waals surface area contributed by atoms with Gasteiger partial charge in [-0.25, -0.2) is 0 Å². The molecular weight excluding hydrogens is 234 g/mol. The number of morpholine rings is 1. The zero-order chi connectivity index (χ0) is 13.0. The SMILES string of the molecule is O=C1COCC(=O)N1[C@@H](CO)Cc1ccccc1. The second-order valence-corrected chi connectivity index (χ2v) is 4.18. The minimum absolute atomic E-state index is 0.100. The molecule has 1 heterocycles. The maximum atomic E-state index is 11.7. The van der Waals surface area contributed by atoms with Crippen molar-refractivity contribution in [2.75, 3.05) is 19.8 Å². The monoisotopic (exact) mass is 249 g/mol. The Morgan fingerprint density at radius 3 is 2.33 bits per heavy atom. The van der Waals surface area contributed by atoms with Gasteiger partial charge in [0.25, 0.3) is 11.8 Å². The van der Waals surface area contributed by atoms with Gasteiger partial charge in [-0.15, -0.1) is 0 Å². The number of hydrogen-bond donors (Lipinski definition) is 1. The van der Waals surface area contributed by atoms with Crippen molar-refractivity contribution in [3.8, 4) is 0 Å². The van der Waals surface area contributed by atoms with E-state index in [2.05, 4.69) is 0 Å². The van der Waals surface area contributed by atoms with Crippen molar-refractivity contribution < 1.29 is 19.4 Å². The van der Waals surface area contributed by atoms with Crippen LogP contribution in [0.25, 0.3) is 0 Å². The molecule has 1 aliphatic heterocycles. The van der Waals surface area contributed by atoms with Crippen LogP contribution in [0, 0.1) is 0 Å². The highest BCUT2D eigenvalue weighted by atomic mass is 16.5. The predicted molar refractivity (Wildman–Crippen MR) is 63.7 cm³/mol. The minimum atomic E-state index is -0.517. The molecule has 0 saturated carbocycles. The van der Waals surface area contributed by atoms with Gasteiger partial charge in [0, 0.05) is 0 Å². The van der Waals surface area contributed by atoms with Gasteiger partial charge in [0.1, 0.15) is 13.2 Å². The molecule has 1 saturated heterocycles. The number of nitrogens with zero attached hydrogens (tertiary/aromatic N) is 1. The maximum Gasteiger partial charge on any atom is 0.255 e. The quantitative estimate of drug-likeness (QED) is 0.761. The summed E-state index contributed by atoms with van der Waals surface area (Å²) in [6.07, 6.45) is 0.453. The second kappa shape index (κ2) is 5.75. The summed E-state index contributed by atoms with van der Waals surface area (Å²) in [5.74, 6) is -0.775. The molecular formula is C13H15NO4. The summed E-state index contributed by atoms with van der Waals surface area (Å²) in [5.41, 5.74) is 0.976. The molecule has 0 radical (unpaired) electrons. The lowest BCUT2D eigenvalue weighted by Gasteiger charge is -2.31. The summed E-state index contributed by atoms with van der Waals surface area (Å²) < 4.78 is 4.85. The van der Waals surface area contributed by atoms with Crippen LogP contribution >= 0.6 is 0 Å². The lowest BCUT2D eigenvalue weighted by molar-refractivity contribution is -0.162. The van der Waals surface area contributed by atoms with Gasteiger partial charge in [-0.2, -0.15) is 0 Å². The first-order valence-corrected chi connectivity index (χ1v) is 5.80. The first-order chi connectivity index (χ1) is 8.72. The van der Waals surface area contributed by atoms with Crippen LogP contribution in [0.5, 0.6) is 0 Å². The molecule has 0 spiro atoms. The van der Waals surface area contributed by atoms with E-state index in [9.17, 15) is 14.7 Å². The van der Waals surface area contributed by atoms with E-state index in [1.807, 2.05) is 30.3 Å². The molecule has 1 N–H and O–H groups in total. The van der Waals surface area contributed by atoms with Gasteiger partial charge in [-0.3, -0.25) is 14.5 Å². The molecule has 0 aliphatic carbocycles. The number of amides is 2. The Balaban J connectivity index is 2.12. The fraction of sp³-hybridized carbons (Fsp3) is 0.385. The molecule has 1 fully saturated rings. The highest BCUT2D eigenvalue weighted by Gasteiger charge is 2.32. The number of imide groups is 1. The Labute approximate surface area is 105 Å². The third kappa shape index (κ3) is 2.75. The Morgan fingerprint density at radius 2 is 1.78 bits per heavy atom. The van der Waals surface area contributed by atoms with Gasteiger partial charge >= 0.3 is 0 Å². The highest BCUT2D eigenvalue weighted by Crippen LogP contribution is 2.12. The zero-order valence-corrected chi connectivity index (χ0v) is 9.91. The molecule has 96 valence electrons. The third-order valence-corrected chi connectivity index (χ3v) is 2.88. The first kappa shape index (κ1) is 12.7. The first-order valence-electron chi connectivity index (χ1n) is 5.80. The second-order valence-electron chi connectivity index (χ2n) is 4.18.